The topological polar surface area (TPSA) is 115 Å². The van der Waals surface area contributed by atoms with Crippen molar-refractivity contribution in [2.75, 3.05) is 10.2 Å². The van der Waals surface area contributed by atoms with E-state index in [4.69, 9.17) is 16.3 Å². The van der Waals surface area contributed by atoms with E-state index in [2.05, 4.69) is 10.3 Å². The first-order chi connectivity index (χ1) is 13.5. The third-order valence-corrected chi connectivity index (χ3v) is 5.04. The Labute approximate surface area is 171 Å². The van der Waals surface area contributed by atoms with Crippen molar-refractivity contribution >= 4 is 40.7 Å². The summed E-state index contributed by atoms with van der Waals surface area (Å²) < 4.78 is 5.65. The number of amides is 2. The third kappa shape index (κ3) is 3.73. The van der Waals surface area contributed by atoms with Crippen molar-refractivity contribution in [3.63, 3.8) is 0 Å². The van der Waals surface area contributed by atoms with Gasteiger partial charge in [0.05, 0.1) is 0 Å². The lowest BCUT2D eigenvalue weighted by Crippen LogP contribution is -2.58. The van der Waals surface area contributed by atoms with Gasteiger partial charge in [-0.25, -0.2) is 0 Å². The largest absolute Gasteiger partial charge is 0.472 e. The molecular formula is C19H19ClN4O5. The van der Waals surface area contributed by atoms with Gasteiger partial charge in [0.25, 0.3) is 11.7 Å². The van der Waals surface area contributed by atoms with E-state index in [9.17, 15) is 19.7 Å². The van der Waals surface area contributed by atoms with E-state index < -0.39 is 34.2 Å². The normalized spacial score (nSPS) is 15.9. The van der Waals surface area contributed by atoms with Gasteiger partial charge in [-0.1, -0.05) is 17.7 Å². The Balaban J connectivity index is 2.00. The number of carbonyl (C=O) groups is 2. The summed E-state index contributed by atoms with van der Waals surface area (Å²) >= 11 is 6.09. The summed E-state index contributed by atoms with van der Waals surface area (Å²) in [6.45, 7) is 6.38. The number of rotatable bonds is 4. The maximum atomic E-state index is 13.0. The summed E-state index contributed by atoms with van der Waals surface area (Å²) in [5.41, 5.74) is -0.0928. The van der Waals surface area contributed by atoms with E-state index in [-0.39, 0.29) is 11.6 Å². The van der Waals surface area contributed by atoms with E-state index in [0.29, 0.717) is 16.3 Å². The summed E-state index contributed by atoms with van der Waals surface area (Å²) in [5.74, 6) is -1.39. The number of halogens is 1. The second kappa shape index (κ2) is 7.32. The Hall–Kier alpha value is -3.20. The van der Waals surface area contributed by atoms with Gasteiger partial charge in [0.2, 0.25) is 5.91 Å². The molecule has 0 saturated heterocycles. The fourth-order valence-corrected chi connectivity index (χ4v) is 3.12. The summed E-state index contributed by atoms with van der Waals surface area (Å²) in [6, 6.07) is 6.61. The van der Waals surface area contributed by atoms with Gasteiger partial charge < -0.3 is 20.2 Å². The summed E-state index contributed by atoms with van der Waals surface area (Å²) in [4.78, 5) is 41.4. The monoisotopic (exact) mass is 418 g/mol. The molecule has 2 amide bonds. The minimum absolute atomic E-state index is 0.0750. The molecule has 10 heteroatoms. The molecule has 2 aromatic rings. The standard InChI is InChI=1S/C19H19ClN4O5/c1-10-12(20)6-5-7-13(10)21-17(25)11(2)23-16-14(29-19(3,4)18(23)26)8-9-15(22-16)24(27)28/h5-9,11H,1-4H3,(H,21,25). The van der Waals surface area contributed by atoms with Crippen LogP contribution in [0.2, 0.25) is 5.02 Å². The highest BCUT2D eigenvalue weighted by molar-refractivity contribution is 6.31. The fourth-order valence-electron chi connectivity index (χ4n) is 2.94. The third-order valence-electron chi connectivity index (χ3n) is 4.63. The van der Waals surface area contributed by atoms with Crippen LogP contribution in [0.1, 0.15) is 26.3 Å². The minimum Gasteiger partial charge on any atom is -0.472 e. The molecule has 1 atom stereocenters. The van der Waals surface area contributed by atoms with Gasteiger partial charge in [-0.05, 0) is 61.4 Å². The number of anilines is 2. The van der Waals surface area contributed by atoms with Crippen molar-refractivity contribution in [2.24, 2.45) is 0 Å². The van der Waals surface area contributed by atoms with Gasteiger partial charge >= 0.3 is 5.82 Å². The van der Waals surface area contributed by atoms with Crippen molar-refractivity contribution in [3.05, 3.63) is 51.0 Å². The van der Waals surface area contributed by atoms with Crippen LogP contribution in [0.25, 0.3) is 0 Å². The van der Waals surface area contributed by atoms with Gasteiger partial charge in [0, 0.05) is 16.8 Å². The van der Waals surface area contributed by atoms with E-state index in [0.717, 1.165) is 4.90 Å². The molecule has 2 heterocycles. The summed E-state index contributed by atoms with van der Waals surface area (Å²) in [6.07, 6.45) is 0. The quantitative estimate of drug-likeness (QED) is 0.600. The molecule has 1 aliphatic heterocycles. The van der Waals surface area contributed by atoms with Crippen LogP contribution in [0.3, 0.4) is 0 Å². The molecule has 0 spiro atoms. The zero-order valence-electron chi connectivity index (χ0n) is 16.2. The molecule has 1 aromatic heterocycles. The number of ether oxygens (including phenoxy) is 1. The molecule has 0 radical (unpaired) electrons. The number of aromatic nitrogens is 1. The lowest BCUT2D eigenvalue weighted by atomic mass is 10.0. The molecule has 3 rings (SSSR count). The summed E-state index contributed by atoms with van der Waals surface area (Å²) in [5, 5.41) is 14.4. The number of nitrogens with zero attached hydrogens (tertiary/aromatic N) is 3. The first-order valence-electron chi connectivity index (χ1n) is 8.77. The van der Waals surface area contributed by atoms with E-state index >= 15 is 0 Å². The van der Waals surface area contributed by atoms with Gasteiger partial charge in [0.1, 0.15) is 6.04 Å². The van der Waals surface area contributed by atoms with E-state index in [1.807, 2.05) is 0 Å². The molecule has 0 fully saturated rings. The second-order valence-corrected chi connectivity index (χ2v) is 7.52. The first kappa shape index (κ1) is 20.5. The van der Waals surface area contributed by atoms with Crippen molar-refractivity contribution < 1.29 is 19.2 Å². The van der Waals surface area contributed by atoms with Crippen molar-refractivity contribution in [1.29, 1.82) is 0 Å². The van der Waals surface area contributed by atoms with Crippen molar-refractivity contribution in [1.82, 2.24) is 4.98 Å². The van der Waals surface area contributed by atoms with Crippen LogP contribution in [0, 0.1) is 17.0 Å². The number of carbonyl (C=O) groups excluding carboxylic acids is 2. The highest BCUT2D eigenvalue weighted by Crippen LogP contribution is 2.39. The number of benzene rings is 1. The molecule has 9 nitrogen and oxygen atoms in total. The molecule has 1 unspecified atom stereocenters. The molecule has 0 saturated carbocycles. The van der Waals surface area contributed by atoms with Crippen LogP contribution in [0.5, 0.6) is 5.75 Å². The van der Waals surface area contributed by atoms with E-state index in [1.165, 1.54) is 19.1 Å². The highest BCUT2D eigenvalue weighted by atomic mass is 35.5. The number of nitro groups is 1. The smallest absolute Gasteiger partial charge is 0.366 e. The average molecular weight is 419 g/mol. The molecule has 29 heavy (non-hydrogen) atoms. The molecule has 0 bridgehead atoms. The molecule has 152 valence electrons. The Morgan fingerprint density at radius 2 is 2.03 bits per heavy atom. The van der Waals surface area contributed by atoms with Crippen LogP contribution >= 0.6 is 11.6 Å². The van der Waals surface area contributed by atoms with Crippen LogP contribution in [-0.2, 0) is 9.59 Å². The van der Waals surface area contributed by atoms with Gasteiger partial charge in [-0.15, -0.1) is 0 Å². The Morgan fingerprint density at radius 1 is 1.34 bits per heavy atom. The molecule has 1 aromatic carbocycles. The second-order valence-electron chi connectivity index (χ2n) is 7.11. The van der Waals surface area contributed by atoms with Crippen LogP contribution in [-0.4, -0.2) is 33.4 Å². The van der Waals surface area contributed by atoms with Gasteiger partial charge in [0.15, 0.2) is 11.4 Å². The number of pyridine rings is 1. The lowest BCUT2D eigenvalue weighted by molar-refractivity contribution is -0.389. The summed E-state index contributed by atoms with van der Waals surface area (Å²) in [7, 11) is 0. The number of fused-ring (bicyclic) bond motifs is 1. The number of hydrogen-bond donors (Lipinski definition) is 1. The molecular weight excluding hydrogens is 400 g/mol. The van der Waals surface area contributed by atoms with Crippen LogP contribution in [0.15, 0.2) is 30.3 Å². The lowest BCUT2D eigenvalue weighted by Gasteiger charge is -2.38. The number of hydrogen-bond acceptors (Lipinski definition) is 6. The minimum atomic E-state index is -1.27. The zero-order chi connectivity index (χ0) is 21.5. The SMILES string of the molecule is Cc1c(Cl)cccc1NC(=O)C(C)N1C(=O)C(C)(C)Oc2ccc([N+](=O)[O-])nc21. The maximum Gasteiger partial charge on any atom is 0.366 e. The molecule has 1 aliphatic rings. The van der Waals surface area contributed by atoms with Crippen LogP contribution < -0.4 is 15.0 Å². The first-order valence-corrected chi connectivity index (χ1v) is 9.15. The number of nitrogens with one attached hydrogen (secondary N) is 1. The van der Waals surface area contributed by atoms with Gasteiger partial charge in [-0.3, -0.25) is 14.5 Å². The Kier molecular flexibility index (Phi) is 5.18. The average Bonchev–Trinajstić information content (AvgIpc) is 2.65. The highest BCUT2D eigenvalue weighted by Gasteiger charge is 2.47. The Morgan fingerprint density at radius 3 is 2.69 bits per heavy atom. The van der Waals surface area contributed by atoms with Crippen molar-refractivity contribution in [3.8, 4) is 5.75 Å². The van der Waals surface area contributed by atoms with Crippen molar-refractivity contribution in [2.45, 2.75) is 39.3 Å². The maximum absolute atomic E-state index is 13.0. The predicted molar refractivity (Wildman–Crippen MR) is 107 cm³/mol. The molecule has 1 N–H and O–H groups in total. The van der Waals surface area contributed by atoms with Crippen LogP contribution in [0.4, 0.5) is 17.3 Å². The van der Waals surface area contributed by atoms with Gasteiger partial charge in [-0.2, -0.15) is 0 Å². The Bertz CT molecular complexity index is 1020. The molecule has 0 aliphatic carbocycles. The predicted octanol–water partition coefficient (Wildman–Crippen LogP) is 3.48. The zero-order valence-corrected chi connectivity index (χ0v) is 17.0. The fraction of sp³-hybridized carbons (Fsp3) is 0.316. The van der Waals surface area contributed by atoms with E-state index in [1.54, 1.807) is 39.0 Å².